The molecule has 0 aromatic heterocycles. The molecule has 1 N–H and O–H groups in total. The first-order chi connectivity index (χ1) is 7.77. The Bertz CT molecular complexity index is 382. The van der Waals surface area contributed by atoms with Gasteiger partial charge in [0.05, 0.1) is 5.84 Å². The standard InChI is InChI=1S/C14H20N2/c1-11-7-3-4-8-13(11)12(2)16-14-9-5-6-10-15-14/h3-4,7-8,12H,5-6,9-10H2,1-2H3,(H,15,16)/t12-/m0/s1. The molecule has 1 aromatic carbocycles. The fourth-order valence-corrected chi connectivity index (χ4v) is 2.22. The van der Waals surface area contributed by atoms with Gasteiger partial charge in [0.15, 0.2) is 0 Å². The Kier molecular flexibility index (Phi) is 3.60. The summed E-state index contributed by atoms with van der Waals surface area (Å²) in [6.07, 6.45) is 3.62. The number of benzene rings is 1. The Balaban J connectivity index is 2.05. The van der Waals surface area contributed by atoms with Gasteiger partial charge in [-0.05, 0) is 37.8 Å². The van der Waals surface area contributed by atoms with Gasteiger partial charge in [-0.3, -0.25) is 4.99 Å². The third-order valence-corrected chi connectivity index (χ3v) is 3.16. The van der Waals surface area contributed by atoms with Crippen molar-refractivity contribution in [3.8, 4) is 0 Å². The second-order valence-corrected chi connectivity index (χ2v) is 4.51. The number of nitrogens with zero attached hydrogens (tertiary/aromatic N) is 1. The molecule has 0 spiro atoms. The molecule has 1 heterocycles. The minimum absolute atomic E-state index is 0.359. The molecule has 2 rings (SSSR count). The highest BCUT2D eigenvalue weighted by molar-refractivity contribution is 5.83. The largest absolute Gasteiger partial charge is 0.367 e. The van der Waals surface area contributed by atoms with Crippen molar-refractivity contribution in [2.24, 2.45) is 4.99 Å². The van der Waals surface area contributed by atoms with Crippen LogP contribution in [-0.4, -0.2) is 12.4 Å². The van der Waals surface area contributed by atoms with Crippen molar-refractivity contribution in [2.75, 3.05) is 6.54 Å². The Morgan fingerprint density at radius 2 is 2.06 bits per heavy atom. The predicted molar refractivity (Wildman–Crippen MR) is 68.9 cm³/mol. The molecule has 0 fully saturated rings. The highest BCUT2D eigenvalue weighted by Crippen LogP contribution is 2.17. The number of hydrogen-bond donors (Lipinski definition) is 1. The van der Waals surface area contributed by atoms with E-state index in [2.05, 4.69) is 48.4 Å². The molecule has 0 aliphatic carbocycles. The van der Waals surface area contributed by atoms with Crippen molar-refractivity contribution in [3.63, 3.8) is 0 Å². The van der Waals surface area contributed by atoms with Crippen LogP contribution in [0, 0.1) is 6.92 Å². The molecule has 2 heteroatoms. The van der Waals surface area contributed by atoms with Crippen LogP contribution in [0.15, 0.2) is 29.3 Å². The number of rotatable bonds is 2. The molecule has 0 saturated heterocycles. The maximum absolute atomic E-state index is 4.53. The third-order valence-electron chi connectivity index (χ3n) is 3.16. The van der Waals surface area contributed by atoms with Gasteiger partial charge in [0.25, 0.3) is 0 Å². The molecule has 1 aliphatic rings. The second-order valence-electron chi connectivity index (χ2n) is 4.51. The molecule has 1 aliphatic heterocycles. The van der Waals surface area contributed by atoms with Crippen LogP contribution in [0.4, 0.5) is 0 Å². The summed E-state index contributed by atoms with van der Waals surface area (Å²) in [7, 11) is 0. The van der Waals surface area contributed by atoms with Gasteiger partial charge < -0.3 is 5.32 Å². The zero-order valence-corrected chi connectivity index (χ0v) is 10.2. The lowest BCUT2D eigenvalue weighted by Gasteiger charge is -2.21. The smallest absolute Gasteiger partial charge is 0.0967 e. The van der Waals surface area contributed by atoms with E-state index >= 15 is 0 Å². The Morgan fingerprint density at radius 1 is 1.25 bits per heavy atom. The number of aliphatic imine (C=N–C) groups is 1. The number of nitrogens with one attached hydrogen (secondary N) is 1. The van der Waals surface area contributed by atoms with E-state index in [-0.39, 0.29) is 0 Å². The zero-order chi connectivity index (χ0) is 11.4. The number of amidine groups is 1. The van der Waals surface area contributed by atoms with Gasteiger partial charge in [-0.15, -0.1) is 0 Å². The van der Waals surface area contributed by atoms with Crippen LogP contribution < -0.4 is 5.32 Å². The minimum Gasteiger partial charge on any atom is -0.367 e. The summed E-state index contributed by atoms with van der Waals surface area (Å²) < 4.78 is 0. The molecule has 0 amide bonds. The molecule has 86 valence electrons. The summed E-state index contributed by atoms with van der Waals surface area (Å²) >= 11 is 0. The molecule has 0 saturated carbocycles. The van der Waals surface area contributed by atoms with E-state index in [9.17, 15) is 0 Å². The van der Waals surface area contributed by atoms with E-state index in [0.29, 0.717) is 6.04 Å². The SMILES string of the molecule is Cc1ccccc1[C@H](C)NC1=NCCCC1. The normalized spacial score (nSPS) is 17.8. The first kappa shape index (κ1) is 11.2. The van der Waals surface area contributed by atoms with Crippen molar-refractivity contribution in [3.05, 3.63) is 35.4 Å². The summed E-state index contributed by atoms with van der Waals surface area (Å²) in [5.41, 5.74) is 2.72. The van der Waals surface area contributed by atoms with Crippen LogP contribution in [-0.2, 0) is 0 Å². The lowest BCUT2D eigenvalue weighted by Crippen LogP contribution is -2.28. The fraction of sp³-hybridized carbons (Fsp3) is 0.500. The molecule has 16 heavy (non-hydrogen) atoms. The van der Waals surface area contributed by atoms with E-state index in [4.69, 9.17) is 0 Å². The van der Waals surface area contributed by atoms with Crippen LogP contribution in [0.5, 0.6) is 0 Å². The second kappa shape index (κ2) is 5.15. The van der Waals surface area contributed by atoms with E-state index in [1.165, 1.54) is 29.8 Å². The summed E-state index contributed by atoms with van der Waals surface area (Å²) in [4.78, 5) is 4.53. The highest BCUT2D eigenvalue weighted by atomic mass is 15.0. The van der Waals surface area contributed by atoms with Crippen LogP contribution >= 0.6 is 0 Å². The van der Waals surface area contributed by atoms with Crippen LogP contribution in [0.3, 0.4) is 0 Å². The van der Waals surface area contributed by atoms with Gasteiger partial charge in [-0.1, -0.05) is 24.3 Å². The van der Waals surface area contributed by atoms with Gasteiger partial charge in [0.1, 0.15) is 0 Å². The van der Waals surface area contributed by atoms with Crippen molar-refractivity contribution < 1.29 is 0 Å². The summed E-state index contributed by atoms with van der Waals surface area (Å²) in [6, 6.07) is 8.90. The van der Waals surface area contributed by atoms with Crippen LogP contribution in [0.25, 0.3) is 0 Å². The van der Waals surface area contributed by atoms with Crippen molar-refractivity contribution in [1.82, 2.24) is 5.32 Å². The molecule has 0 radical (unpaired) electrons. The quantitative estimate of drug-likeness (QED) is 0.806. The molecule has 0 bridgehead atoms. The van der Waals surface area contributed by atoms with Gasteiger partial charge in [0, 0.05) is 19.0 Å². The van der Waals surface area contributed by atoms with Gasteiger partial charge >= 0.3 is 0 Å². The van der Waals surface area contributed by atoms with Gasteiger partial charge in [-0.2, -0.15) is 0 Å². The maximum atomic E-state index is 4.53. The molecular weight excluding hydrogens is 196 g/mol. The Labute approximate surface area is 97.8 Å². The lowest BCUT2D eigenvalue weighted by molar-refractivity contribution is 0.654. The monoisotopic (exact) mass is 216 g/mol. The summed E-state index contributed by atoms with van der Waals surface area (Å²) in [6.45, 7) is 5.36. The molecule has 2 nitrogen and oxygen atoms in total. The molecule has 1 atom stereocenters. The van der Waals surface area contributed by atoms with Crippen molar-refractivity contribution in [2.45, 2.75) is 39.2 Å². The lowest BCUT2D eigenvalue weighted by atomic mass is 10.0. The Hall–Kier alpha value is -1.31. The number of hydrogen-bond acceptors (Lipinski definition) is 2. The minimum atomic E-state index is 0.359. The first-order valence-electron chi connectivity index (χ1n) is 6.13. The van der Waals surface area contributed by atoms with Crippen molar-refractivity contribution >= 4 is 5.84 Å². The average Bonchev–Trinajstić information content (AvgIpc) is 2.31. The van der Waals surface area contributed by atoms with E-state index < -0.39 is 0 Å². The van der Waals surface area contributed by atoms with Crippen LogP contribution in [0.2, 0.25) is 0 Å². The van der Waals surface area contributed by atoms with Gasteiger partial charge in [-0.25, -0.2) is 0 Å². The third kappa shape index (κ3) is 2.63. The topological polar surface area (TPSA) is 24.4 Å². The molecule has 0 unspecified atom stereocenters. The highest BCUT2D eigenvalue weighted by Gasteiger charge is 2.11. The average molecular weight is 216 g/mol. The van der Waals surface area contributed by atoms with Crippen molar-refractivity contribution in [1.29, 1.82) is 0 Å². The Morgan fingerprint density at radius 3 is 2.75 bits per heavy atom. The van der Waals surface area contributed by atoms with Gasteiger partial charge in [0.2, 0.25) is 0 Å². The summed E-state index contributed by atoms with van der Waals surface area (Å²) in [5, 5.41) is 3.53. The van der Waals surface area contributed by atoms with E-state index in [1.54, 1.807) is 0 Å². The fourth-order valence-electron chi connectivity index (χ4n) is 2.22. The van der Waals surface area contributed by atoms with E-state index in [0.717, 1.165) is 13.0 Å². The van der Waals surface area contributed by atoms with E-state index in [1.807, 2.05) is 0 Å². The van der Waals surface area contributed by atoms with Crippen LogP contribution in [0.1, 0.15) is 43.4 Å². The maximum Gasteiger partial charge on any atom is 0.0967 e. The zero-order valence-electron chi connectivity index (χ0n) is 10.2. The predicted octanol–water partition coefficient (Wildman–Crippen LogP) is 3.23. The first-order valence-corrected chi connectivity index (χ1v) is 6.13. The molecule has 1 aromatic rings. The number of aryl methyl sites for hydroxylation is 1. The summed E-state index contributed by atoms with van der Waals surface area (Å²) in [5.74, 6) is 1.18. The molecular formula is C14H20N2.